The Morgan fingerprint density at radius 2 is 0.783 bits per heavy atom. The number of rotatable bonds is 4. The molecule has 9 aromatic rings. The van der Waals surface area contributed by atoms with Crippen molar-refractivity contribution in [3.63, 3.8) is 0 Å². The molecule has 214 valence electrons. The Balaban J connectivity index is 1.09. The molecule has 4 heteroatoms. The summed E-state index contributed by atoms with van der Waals surface area (Å²) in [6, 6.07) is 54.3. The van der Waals surface area contributed by atoms with Crippen molar-refractivity contribution in [2.24, 2.45) is 0 Å². The normalized spacial score (nSPS) is 11.5. The van der Waals surface area contributed by atoms with Crippen LogP contribution in [0.4, 0.5) is 0 Å². The van der Waals surface area contributed by atoms with Gasteiger partial charge in [-0.15, -0.1) is 0 Å². The maximum Gasteiger partial charge on any atom is 0.0972 e. The first-order chi connectivity index (χ1) is 22.8. The molecule has 4 heterocycles. The van der Waals surface area contributed by atoms with Crippen LogP contribution in [0, 0.1) is 0 Å². The quantitative estimate of drug-likeness (QED) is 0.193. The molecule has 0 saturated carbocycles. The average molecular weight is 587 g/mol. The van der Waals surface area contributed by atoms with Gasteiger partial charge in [0, 0.05) is 38.2 Å². The van der Waals surface area contributed by atoms with Crippen molar-refractivity contribution in [2.45, 2.75) is 0 Å². The summed E-state index contributed by atoms with van der Waals surface area (Å²) in [7, 11) is 0. The second-order valence-electron chi connectivity index (χ2n) is 11.5. The average Bonchev–Trinajstić information content (AvgIpc) is 3.14. The van der Waals surface area contributed by atoms with E-state index in [1.165, 1.54) is 5.39 Å². The topological polar surface area (TPSA) is 51.6 Å². The van der Waals surface area contributed by atoms with Gasteiger partial charge in [-0.2, -0.15) is 0 Å². The van der Waals surface area contributed by atoms with Gasteiger partial charge in [-0.3, -0.25) is 0 Å². The van der Waals surface area contributed by atoms with Gasteiger partial charge in [-0.1, -0.05) is 127 Å². The third-order valence-electron chi connectivity index (χ3n) is 8.67. The zero-order valence-electron chi connectivity index (χ0n) is 24.8. The van der Waals surface area contributed by atoms with E-state index in [0.29, 0.717) is 0 Å². The Labute approximate surface area is 265 Å². The monoisotopic (exact) mass is 586 g/mol. The van der Waals surface area contributed by atoms with Crippen LogP contribution in [0.3, 0.4) is 0 Å². The Kier molecular flexibility index (Phi) is 6.10. The first-order valence-electron chi connectivity index (χ1n) is 15.4. The van der Waals surface area contributed by atoms with E-state index in [1.807, 2.05) is 30.3 Å². The van der Waals surface area contributed by atoms with Crippen LogP contribution in [-0.2, 0) is 0 Å². The van der Waals surface area contributed by atoms with Crippen LogP contribution in [0.5, 0.6) is 0 Å². The zero-order chi connectivity index (χ0) is 30.5. The van der Waals surface area contributed by atoms with Crippen molar-refractivity contribution in [3.05, 3.63) is 158 Å². The second-order valence-corrected chi connectivity index (χ2v) is 11.5. The Bertz CT molecular complexity index is 2570. The van der Waals surface area contributed by atoms with E-state index in [-0.39, 0.29) is 0 Å². The molecule has 4 nitrogen and oxygen atoms in total. The molecular weight excluding hydrogens is 560 g/mol. The molecule has 46 heavy (non-hydrogen) atoms. The van der Waals surface area contributed by atoms with E-state index >= 15 is 0 Å². The highest BCUT2D eigenvalue weighted by Gasteiger charge is 2.13. The Morgan fingerprint density at radius 1 is 0.283 bits per heavy atom. The van der Waals surface area contributed by atoms with Gasteiger partial charge in [0.05, 0.1) is 45.0 Å². The van der Waals surface area contributed by atoms with E-state index in [1.54, 1.807) is 0 Å². The predicted molar refractivity (Wildman–Crippen MR) is 189 cm³/mol. The maximum absolute atomic E-state index is 5.13. The molecule has 0 aliphatic carbocycles. The molecule has 0 spiro atoms. The lowest BCUT2D eigenvalue weighted by Crippen LogP contribution is -1.93. The fourth-order valence-electron chi connectivity index (χ4n) is 6.34. The van der Waals surface area contributed by atoms with E-state index in [0.717, 1.165) is 83.3 Å². The van der Waals surface area contributed by atoms with Gasteiger partial charge in [-0.05, 0) is 35.7 Å². The van der Waals surface area contributed by atoms with E-state index in [2.05, 4.69) is 127 Å². The smallest absolute Gasteiger partial charge is 0.0972 e. The van der Waals surface area contributed by atoms with Crippen LogP contribution in [0.25, 0.3) is 88.6 Å². The van der Waals surface area contributed by atoms with Gasteiger partial charge in [0.2, 0.25) is 0 Å². The summed E-state index contributed by atoms with van der Waals surface area (Å²) >= 11 is 0. The molecule has 5 aromatic carbocycles. The van der Waals surface area contributed by atoms with E-state index < -0.39 is 0 Å². The van der Waals surface area contributed by atoms with Gasteiger partial charge in [0.1, 0.15) is 0 Å². The number of hydrogen-bond donors (Lipinski definition) is 0. The number of fused-ring (bicyclic) bond motifs is 6. The van der Waals surface area contributed by atoms with Gasteiger partial charge >= 0.3 is 0 Å². The maximum atomic E-state index is 5.13. The van der Waals surface area contributed by atoms with Crippen molar-refractivity contribution < 1.29 is 0 Å². The molecule has 0 aliphatic rings. The number of benzene rings is 5. The van der Waals surface area contributed by atoms with E-state index in [4.69, 9.17) is 19.9 Å². The predicted octanol–water partition coefficient (Wildman–Crippen LogP) is 10.5. The second kappa shape index (κ2) is 10.7. The molecular formula is C42H26N4. The third kappa shape index (κ3) is 4.47. The zero-order valence-corrected chi connectivity index (χ0v) is 24.8. The first kappa shape index (κ1) is 26.2. The highest BCUT2D eigenvalue weighted by Crippen LogP contribution is 2.33. The summed E-state index contributed by atoms with van der Waals surface area (Å²) in [5, 5.41) is 5.58. The number of para-hydroxylation sites is 1. The molecule has 0 aliphatic heterocycles. The van der Waals surface area contributed by atoms with Crippen LogP contribution in [0.15, 0.2) is 158 Å². The highest BCUT2D eigenvalue weighted by atomic mass is 14.8. The van der Waals surface area contributed by atoms with Crippen LogP contribution >= 0.6 is 0 Å². The minimum atomic E-state index is 0.856. The summed E-state index contributed by atoms with van der Waals surface area (Å²) in [5.41, 5.74) is 10.5. The summed E-state index contributed by atoms with van der Waals surface area (Å²) in [6.07, 6.45) is 0. The molecule has 0 unspecified atom stereocenters. The minimum absolute atomic E-state index is 0.856. The number of nitrogens with zero attached hydrogens (tertiary/aromatic N) is 4. The first-order valence-corrected chi connectivity index (χ1v) is 15.4. The summed E-state index contributed by atoms with van der Waals surface area (Å²) in [4.78, 5) is 20.3. The third-order valence-corrected chi connectivity index (χ3v) is 8.67. The lowest BCUT2D eigenvalue weighted by Gasteiger charge is -2.11. The number of pyridine rings is 4. The molecule has 0 atom stereocenters. The molecule has 9 rings (SSSR count). The van der Waals surface area contributed by atoms with Gasteiger partial charge < -0.3 is 0 Å². The van der Waals surface area contributed by atoms with Crippen molar-refractivity contribution in [3.8, 4) is 45.2 Å². The van der Waals surface area contributed by atoms with E-state index in [9.17, 15) is 0 Å². The summed E-state index contributed by atoms with van der Waals surface area (Å²) < 4.78 is 0. The highest BCUT2D eigenvalue weighted by molar-refractivity contribution is 6.10. The van der Waals surface area contributed by atoms with Crippen molar-refractivity contribution >= 4 is 43.5 Å². The van der Waals surface area contributed by atoms with Crippen LogP contribution < -0.4 is 0 Å². The minimum Gasteiger partial charge on any atom is -0.246 e. The van der Waals surface area contributed by atoms with Crippen LogP contribution in [-0.4, -0.2) is 19.9 Å². The van der Waals surface area contributed by atoms with Gasteiger partial charge in [-0.25, -0.2) is 19.9 Å². The Morgan fingerprint density at radius 3 is 1.46 bits per heavy atom. The van der Waals surface area contributed by atoms with Gasteiger partial charge in [0.25, 0.3) is 0 Å². The lowest BCUT2D eigenvalue weighted by molar-refractivity contribution is 1.29. The van der Waals surface area contributed by atoms with Crippen LogP contribution in [0.1, 0.15) is 0 Å². The van der Waals surface area contributed by atoms with Crippen molar-refractivity contribution in [1.29, 1.82) is 0 Å². The molecule has 4 aromatic heterocycles. The molecule has 0 bridgehead atoms. The molecule has 0 amide bonds. The van der Waals surface area contributed by atoms with Gasteiger partial charge in [0.15, 0.2) is 0 Å². The van der Waals surface area contributed by atoms with Crippen LogP contribution in [0.2, 0.25) is 0 Å². The SMILES string of the molecule is c1ccc(-c2ccc3ccc4ccc(-c5ccc(-c6cccc(-c7nc8ccccc8c8ccccc78)n6)cc5)nc4c3n2)cc1. The fourth-order valence-corrected chi connectivity index (χ4v) is 6.34. The fraction of sp³-hybridized carbons (Fsp3) is 0. The number of hydrogen-bond acceptors (Lipinski definition) is 4. The molecule has 0 radical (unpaired) electrons. The molecule has 0 fully saturated rings. The largest absolute Gasteiger partial charge is 0.246 e. The van der Waals surface area contributed by atoms with Crippen molar-refractivity contribution in [2.75, 3.05) is 0 Å². The lowest BCUT2D eigenvalue weighted by atomic mass is 10.0. The molecule has 0 saturated heterocycles. The summed E-state index contributed by atoms with van der Waals surface area (Å²) in [5.74, 6) is 0. The summed E-state index contributed by atoms with van der Waals surface area (Å²) in [6.45, 7) is 0. The standard InChI is InChI=1S/C42H26N4/c1-2-9-27(10-3-1)36-25-23-30-21-22-31-24-26-37(45-41(31)40(30)44-36)29-19-17-28(18-20-29)35-15-8-16-39(43-35)42-34-13-5-4-11-32(34)33-12-6-7-14-38(33)46-42/h1-26H. The molecule has 0 N–H and O–H groups in total. The van der Waals surface area contributed by atoms with Crippen molar-refractivity contribution in [1.82, 2.24) is 19.9 Å². The Hall–Kier alpha value is -6.26. The number of aromatic nitrogens is 4.